The van der Waals surface area contributed by atoms with Crippen LogP contribution in [0.2, 0.25) is 0 Å². The molecule has 0 spiro atoms. The van der Waals surface area contributed by atoms with Crippen LogP contribution in [-0.2, 0) is 38.1 Å². The minimum atomic E-state index is -0.893. The minimum absolute atomic E-state index is 0.0737. The van der Waals surface area contributed by atoms with E-state index in [1.54, 1.807) is 13.8 Å². The van der Waals surface area contributed by atoms with E-state index in [0.717, 1.165) is 34.4 Å². The van der Waals surface area contributed by atoms with Gasteiger partial charge in [0.15, 0.2) is 12.2 Å². The van der Waals surface area contributed by atoms with E-state index in [-0.39, 0.29) is 67.5 Å². The van der Waals surface area contributed by atoms with Gasteiger partial charge in [-0.1, -0.05) is 75.5 Å². The van der Waals surface area contributed by atoms with E-state index in [0.29, 0.717) is 17.2 Å². The van der Waals surface area contributed by atoms with Gasteiger partial charge in [0.1, 0.15) is 55.1 Å². The summed E-state index contributed by atoms with van der Waals surface area (Å²) in [6, 6.07) is 32.0. The van der Waals surface area contributed by atoms with Crippen LogP contribution in [0.3, 0.4) is 0 Å². The zero-order valence-electron chi connectivity index (χ0n) is 37.1. The van der Waals surface area contributed by atoms with Gasteiger partial charge in [-0.2, -0.15) is 5.10 Å². The van der Waals surface area contributed by atoms with Crippen molar-refractivity contribution in [2.75, 3.05) is 26.4 Å². The van der Waals surface area contributed by atoms with Gasteiger partial charge in [-0.15, -0.1) is 5.10 Å². The second-order valence-electron chi connectivity index (χ2n) is 14.5. The summed E-state index contributed by atoms with van der Waals surface area (Å²) in [5, 5.41) is 8.98. The molecule has 68 heavy (non-hydrogen) atoms. The molecule has 0 saturated carbocycles. The number of ether oxygens (including phenoxy) is 8. The zero-order valence-corrected chi connectivity index (χ0v) is 37.1. The molecule has 348 valence electrons. The van der Waals surface area contributed by atoms with E-state index in [1.807, 2.05) is 48.5 Å². The molecule has 16 nitrogen and oxygen atoms in total. The Morgan fingerprint density at radius 3 is 1.44 bits per heavy atom. The Morgan fingerprint density at radius 1 is 0.544 bits per heavy atom. The topological polar surface area (TPSA) is 201 Å². The van der Waals surface area contributed by atoms with E-state index >= 15 is 0 Å². The Balaban J connectivity index is 1.18. The fraction of sp³-hybridized carbons (Fsp3) is 0.192. The maximum Gasteiger partial charge on any atom is 0.343 e. The number of nitrogens with zero attached hydrogens (tertiary/aromatic N) is 2. The molecule has 5 aromatic carbocycles. The predicted molar refractivity (Wildman–Crippen MR) is 248 cm³/mol. The molecule has 5 aromatic rings. The van der Waals surface area contributed by atoms with Gasteiger partial charge in [0.25, 0.3) is 0 Å². The molecule has 16 heteroatoms. The monoisotopic (exact) mass is 922 g/mol. The molecule has 1 aliphatic carbocycles. The molecule has 0 aromatic heterocycles. The first-order valence-corrected chi connectivity index (χ1v) is 21.3. The van der Waals surface area contributed by atoms with Crippen LogP contribution in [0.15, 0.2) is 151 Å². The Bertz CT molecular complexity index is 2680. The molecule has 0 saturated heterocycles. The van der Waals surface area contributed by atoms with E-state index in [2.05, 4.69) is 23.4 Å². The van der Waals surface area contributed by atoms with E-state index in [4.69, 9.17) is 37.9 Å². The van der Waals surface area contributed by atoms with Crippen molar-refractivity contribution in [2.24, 2.45) is 10.2 Å². The number of rotatable bonds is 22. The lowest BCUT2D eigenvalue weighted by Gasteiger charge is -2.18. The van der Waals surface area contributed by atoms with Gasteiger partial charge in [0.05, 0.1) is 17.3 Å². The molecule has 0 fully saturated rings. The van der Waals surface area contributed by atoms with Crippen LogP contribution in [0.5, 0.6) is 23.0 Å². The smallest absolute Gasteiger partial charge is 0.343 e. The number of benzene rings is 5. The minimum Gasteiger partial charge on any atom is -0.490 e. The molecule has 2 unspecified atom stereocenters. The molecule has 0 N–H and O–H groups in total. The van der Waals surface area contributed by atoms with Crippen molar-refractivity contribution >= 4 is 47.7 Å². The van der Waals surface area contributed by atoms with Crippen molar-refractivity contribution in [1.29, 1.82) is 0 Å². The van der Waals surface area contributed by atoms with Crippen molar-refractivity contribution < 1.29 is 66.7 Å². The van der Waals surface area contributed by atoms with Crippen LogP contribution in [0.25, 0.3) is 11.1 Å². The fourth-order valence-electron chi connectivity index (χ4n) is 6.35. The Hall–Kier alpha value is -8.66. The van der Waals surface area contributed by atoms with Gasteiger partial charge in [-0.3, -0.25) is 9.59 Å². The number of hydrogen-bond donors (Lipinski definition) is 0. The Labute approximate surface area is 391 Å². The molecule has 6 rings (SSSR count). The normalized spacial score (nSPS) is 12.0. The van der Waals surface area contributed by atoms with Crippen molar-refractivity contribution in [3.63, 3.8) is 0 Å². The standard InChI is InChI=1S/C52H46N2O14/c1-5-46(55)63-31-39(65-48(57)7-3)29-61-36-21-17-33(18-22-36)51(59)67-38-25-26-45(35(27-38)28-53-54-50-43-15-11-9-13-41(43)42-14-10-12-16-44(42)50)68-52(60)34-19-23-37(24-20-34)62-30-40(66-49(58)8-4)32-64-47(56)6-2/h5-6,9-28,39-40H,1-2,7-8,29-32H2,3-4H3/b53-28+. The molecule has 1 aliphatic rings. The van der Waals surface area contributed by atoms with Crippen LogP contribution in [0.1, 0.15) is 64.1 Å². The fourth-order valence-corrected chi connectivity index (χ4v) is 6.35. The summed E-state index contributed by atoms with van der Waals surface area (Å²) in [6.45, 7) is 9.18. The molecule has 0 heterocycles. The third-order valence-electron chi connectivity index (χ3n) is 9.79. The van der Waals surface area contributed by atoms with Crippen LogP contribution in [0, 0.1) is 0 Å². The second-order valence-corrected chi connectivity index (χ2v) is 14.5. The van der Waals surface area contributed by atoms with Crippen LogP contribution >= 0.6 is 0 Å². The number of carbonyl (C=O) groups excluding carboxylic acids is 6. The van der Waals surface area contributed by atoms with Crippen LogP contribution < -0.4 is 18.9 Å². The highest BCUT2D eigenvalue weighted by Gasteiger charge is 2.24. The highest BCUT2D eigenvalue weighted by molar-refractivity contribution is 6.24. The maximum atomic E-state index is 13.5. The van der Waals surface area contributed by atoms with Gasteiger partial charge in [-0.05, 0) is 77.9 Å². The summed E-state index contributed by atoms with van der Waals surface area (Å²) < 4.78 is 43.7. The predicted octanol–water partition coefficient (Wildman–Crippen LogP) is 7.84. The summed E-state index contributed by atoms with van der Waals surface area (Å²) in [6.07, 6.45) is 1.81. The lowest BCUT2D eigenvalue weighted by molar-refractivity contribution is -0.158. The van der Waals surface area contributed by atoms with Crippen molar-refractivity contribution in [3.8, 4) is 34.1 Å². The molecule has 0 aliphatic heterocycles. The summed E-state index contributed by atoms with van der Waals surface area (Å²) in [5.41, 5.74) is 5.03. The van der Waals surface area contributed by atoms with Crippen LogP contribution in [0.4, 0.5) is 0 Å². The first-order valence-electron chi connectivity index (χ1n) is 21.3. The number of carbonyl (C=O) groups is 6. The average molecular weight is 923 g/mol. The van der Waals surface area contributed by atoms with Crippen molar-refractivity contribution in [3.05, 3.63) is 168 Å². The highest BCUT2D eigenvalue weighted by atomic mass is 16.6. The summed E-state index contributed by atoms with van der Waals surface area (Å²) in [7, 11) is 0. The Kier molecular flexibility index (Phi) is 17.2. The maximum absolute atomic E-state index is 13.5. The van der Waals surface area contributed by atoms with Gasteiger partial charge in [-0.25, -0.2) is 19.2 Å². The third-order valence-corrected chi connectivity index (χ3v) is 9.79. The molecule has 0 bridgehead atoms. The quantitative estimate of drug-likeness (QED) is 0.0159. The van der Waals surface area contributed by atoms with Gasteiger partial charge >= 0.3 is 35.8 Å². The summed E-state index contributed by atoms with van der Waals surface area (Å²) >= 11 is 0. The van der Waals surface area contributed by atoms with Gasteiger partial charge in [0.2, 0.25) is 0 Å². The van der Waals surface area contributed by atoms with E-state index in [1.165, 1.54) is 72.9 Å². The lowest BCUT2D eigenvalue weighted by Crippen LogP contribution is -2.30. The molecule has 0 radical (unpaired) electrons. The second kappa shape index (κ2) is 24.0. The average Bonchev–Trinajstić information content (AvgIpc) is 3.69. The molecular weight excluding hydrogens is 877 g/mol. The lowest BCUT2D eigenvalue weighted by atomic mass is 10.1. The molecule has 0 amide bonds. The van der Waals surface area contributed by atoms with E-state index < -0.39 is 48.0 Å². The van der Waals surface area contributed by atoms with Crippen LogP contribution in [-0.4, -0.2) is 86.4 Å². The first-order chi connectivity index (χ1) is 33.0. The highest BCUT2D eigenvalue weighted by Crippen LogP contribution is 2.37. The summed E-state index contributed by atoms with van der Waals surface area (Å²) in [4.78, 5) is 73.9. The first kappa shape index (κ1) is 48.8. The Morgan fingerprint density at radius 2 is 0.985 bits per heavy atom. The molecule has 2 atom stereocenters. The summed E-state index contributed by atoms with van der Waals surface area (Å²) in [5.74, 6) is -2.99. The number of esters is 6. The third kappa shape index (κ3) is 13.4. The van der Waals surface area contributed by atoms with Gasteiger partial charge < -0.3 is 37.9 Å². The SMILES string of the molecule is C=CC(=O)OCC(COc1ccc(C(=O)Oc2ccc(OC(=O)c3ccc(OCC(COC(=O)C=C)OC(=O)CC)cc3)c(/C=N/N=C3c4ccccc4-c4ccccc43)c2)cc1)OC(=O)CC. The van der Waals surface area contributed by atoms with Crippen molar-refractivity contribution in [2.45, 2.75) is 38.9 Å². The van der Waals surface area contributed by atoms with Gasteiger partial charge in [0, 0.05) is 41.7 Å². The number of hydrogen-bond acceptors (Lipinski definition) is 16. The largest absolute Gasteiger partial charge is 0.490 e. The number of fused-ring (bicyclic) bond motifs is 3. The van der Waals surface area contributed by atoms with Crippen molar-refractivity contribution in [1.82, 2.24) is 0 Å². The molecular formula is C52H46N2O14. The van der Waals surface area contributed by atoms with E-state index in [9.17, 15) is 28.8 Å². The zero-order chi connectivity index (χ0) is 48.4.